The van der Waals surface area contributed by atoms with Gasteiger partial charge in [-0.05, 0) is 48.5 Å². The van der Waals surface area contributed by atoms with Crippen LogP contribution in [0.3, 0.4) is 0 Å². The van der Waals surface area contributed by atoms with Gasteiger partial charge >= 0.3 is 0 Å². The number of benzene rings is 2. The Morgan fingerprint density at radius 2 is 0.889 bits per heavy atom. The molecule has 13 heteroatoms. The fourth-order valence-electron chi connectivity index (χ4n) is 4.19. The highest BCUT2D eigenvalue weighted by atomic mass is 35.5. The zero-order valence-corrected chi connectivity index (χ0v) is 26.3. The highest BCUT2D eigenvalue weighted by Gasteiger charge is 2.12. The predicted molar refractivity (Wildman–Crippen MR) is 170 cm³/mol. The second-order valence-corrected chi connectivity index (χ2v) is 11.3. The Morgan fingerprint density at radius 3 is 1.27 bits per heavy atom. The van der Waals surface area contributed by atoms with Gasteiger partial charge in [0.1, 0.15) is 49.3 Å². The van der Waals surface area contributed by atoms with Crippen LogP contribution in [-0.4, -0.2) is 20.3 Å². The first-order valence-corrected chi connectivity index (χ1v) is 15.0. The summed E-state index contributed by atoms with van der Waals surface area (Å²) >= 11 is 24.6. The molecule has 0 aliphatic rings. The van der Waals surface area contributed by atoms with Crippen molar-refractivity contribution in [1.29, 1.82) is 0 Å². The van der Waals surface area contributed by atoms with Gasteiger partial charge in [0, 0.05) is 59.2 Å². The van der Waals surface area contributed by atoms with Crippen LogP contribution in [0, 0.1) is 0 Å². The van der Waals surface area contributed by atoms with E-state index in [0.717, 1.165) is 11.1 Å². The van der Waals surface area contributed by atoms with Crippen LogP contribution in [0.1, 0.15) is 22.6 Å². The summed E-state index contributed by atoms with van der Waals surface area (Å²) in [6, 6.07) is 18.5. The molecule has 4 aromatic heterocycles. The topological polar surface area (TPSA) is 106 Å². The fourth-order valence-corrected chi connectivity index (χ4v) is 5.14. The minimum absolute atomic E-state index is 0.204. The molecular weight excluding hydrogens is 662 g/mol. The van der Waals surface area contributed by atoms with E-state index in [9.17, 15) is 0 Å². The van der Waals surface area contributed by atoms with Gasteiger partial charge in [-0.1, -0.05) is 56.7 Å². The first-order valence-electron chi connectivity index (χ1n) is 13.4. The van der Waals surface area contributed by atoms with Crippen LogP contribution >= 0.6 is 46.4 Å². The molecular formula is C32H22Cl4N4O5. The molecule has 228 valence electrons. The van der Waals surface area contributed by atoms with E-state index in [-0.39, 0.29) is 26.4 Å². The van der Waals surface area contributed by atoms with Crippen LogP contribution in [0.5, 0.6) is 11.5 Å². The first-order chi connectivity index (χ1) is 21.9. The van der Waals surface area contributed by atoms with Crippen molar-refractivity contribution >= 4 is 46.4 Å². The van der Waals surface area contributed by atoms with Gasteiger partial charge in [0.2, 0.25) is 0 Å². The minimum atomic E-state index is 0.204. The lowest BCUT2D eigenvalue weighted by molar-refractivity contribution is 0.0727. The maximum atomic E-state index is 6.16. The number of hydrogen-bond donors (Lipinski definition) is 0. The van der Waals surface area contributed by atoms with Gasteiger partial charge in [0.05, 0.1) is 20.1 Å². The van der Waals surface area contributed by atoms with Gasteiger partial charge in [-0.3, -0.25) is 9.97 Å². The number of halogens is 4. The maximum absolute atomic E-state index is 6.16. The standard InChI is InChI=1S/C32H22Cl4N4O5/c33-27-11-37-12-28(34)25(27)17-42-21-5-1-19(2-6-21)31-9-23(44-39-31)15-41-16-24-10-32(40-45-24)20-3-7-22(8-4-20)43-18-26-29(35)13-38-14-30(26)36/h1-14H,15-18H2. The average molecular weight is 684 g/mol. The monoisotopic (exact) mass is 682 g/mol. The second kappa shape index (κ2) is 14.3. The van der Waals surface area contributed by atoms with Gasteiger partial charge < -0.3 is 23.3 Å². The molecule has 0 saturated heterocycles. The van der Waals surface area contributed by atoms with Crippen molar-refractivity contribution in [3.8, 4) is 34.0 Å². The molecule has 4 heterocycles. The number of pyridine rings is 2. The Bertz CT molecular complexity index is 1720. The van der Waals surface area contributed by atoms with Crippen molar-refractivity contribution in [1.82, 2.24) is 20.3 Å². The molecule has 0 aliphatic carbocycles. The molecule has 0 saturated carbocycles. The Kier molecular flexibility index (Phi) is 9.83. The van der Waals surface area contributed by atoms with E-state index in [1.165, 1.54) is 24.8 Å². The predicted octanol–water partition coefficient (Wildman–Crippen LogP) is 9.27. The van der Waals surface area contributed by atoms with Crippen molar-refractivity contribution in [2.75, 3.05) is 0 Å². The number of aromatic nitrogens is 4. The molecule has 0 radical (unpaired) electrons. The summed E-state index contributed by atoms with van der Waals surface area (Å²) in [6.45, 7) is 0.849. The lowest BCUT2D eigenvalue weighted by Gasteiger charge is -2.09. The summed E-state index contributed by atoms with van der Waals surface area (Å²) in [5.41, 5.74) is 4.41. The van der Waals surface area contributed by atoms with Crippen LogP contribution in [-0.2, 0) is 31.2 Å². The fraction of sp³-hybridized carbons (Fsp3) is 0.125. The van der Waals surface area contributed by atoms with Crippen LogP contribution in [0.4, 0.5) is 0 Å². The summed E-state index contributed by atoms with van der Waals surface area (Å²) in [4.78, 5) is 7.90. The van der Waals surface area contributed by atoms with E-state index < -0.39 is 0 Å². The van der Waals surface area contributed by atoms with E-state index >= 15 is 0 Å². The van der Waals surface area contributed by atoms with Gasteiger partial charge in [0.15, 0.2) is 11.5 Å². The quantitative estimate of drug-likeness (QED) is 0.125. The van der Waals surface area contributed by atoms with Crippen molar-refractivity contribution in [2.24, 2.45) is 0 Å². The summed E-state index contributed by atoms with van der Waals surface area (Å²) < 4.78 is 28.3. The molecule has 0 atom stereocenters. The third kappa shape index (κ3) is 7.76. The van der Waals surface area contributed by atoms with E-state index in [1.54, 1.807) is 0 Å². The Hall–Kier alpha value is -4.12. The zero-order chi connectivity index (χ0) is 31.2. The normalized spacial score (nSPS) is 11.1. The summed E-state index contributed by atoms with van der Waals surface area (Å²) in [5.74, 6) is 2.44. The summed E-state index contributed by atoms with van der Waals surface area (Å²) in [5, 5.41) is 10.1. The van der Waals surface area contributed by atoms with E-state index in [2.05, 4.69) is 20.3 Å². The molecule has 0 fully saturated rings. The Labute approximate surface area is 277 Å². The number of rotatable bonds is 12. The molecule has 0 N–H and O–H groups in total. The molecule has 0 bridgehead atoms. The number of hydrogen-bond acceptors (Lipinski definition) is 9. The lowest BCUT2D eigenvalue weighted by Crippen LogP contribution is -1.98. The molecule has 0 amide bonds. The summed E-state index contributed by atoms with van der Waals surface area (Å²) in [7, 11) is 0. The zero-order valence-electron chi connectivity index (χ0n) is 23.3. The molecule has 0 spiro atoms. The third-order valence-corrected chi connectivity index (χ3v) is 7.88. The first kappa shape index (κ1) is 30.9. The largest absolute Gasteiger partial charge is 0.489 e. The molecule has 9 nitrogen and oxygen atoms in total. The minimum Gasteiger partial charge on any atom is -0.489 e. The molecule has 45 heavy (non-hydrogen) atoms. The van der Waals surface area contributed by atoms with Gasteiger partial charge in [-0.25, -0.2) is 0 Å². The van der Waals surface area contributed by atoms with Gasteiger partial charge in [-0.15, -0.1) is 0 Å². The molecule has 2 aromatic carbocycles. The van der Waals surface area contributed by atoms with E-state index in [0.29, 0.717) is 65.6 Å². The summed E-state index contributed by atoms with van der Waals surface area (Å²) in [6.07, 6.45) is 6.12. The van der Waals surface area contributed by atoms with Crippen LogP contribution in [0.15, 0.2) is 94.5 Å². The molecule has 6 aromatic rings. The van der Waals surface area contributed by atoms with Crippen molar-refractivity contribution < 1.29 is 23.3 Å². The number of nitrogens with zero attached hydrogens (tertiary/aromatic N) is 4. The molecule has 0 aliphatic heterocycles. The van der Waals surface area contributed by atoms with Crippen molar-refractivity contribution in [3.63, 3.8) is 0 Å². The Balaban J connectivity index is 0.973. The Morgan fingerprint density at radius 1 is 0.511 bits per heavy atom. The lowest BCUT2D eigenvalue weighted by atomic mass is 10.1. The van der Waals surface area contributed by atoms with E-state index in [4.69, 9.17) is 69.7 Å². The molecule has 0 unspecified atom stereocenters. The third-order valence-electron chi connectivity index (χ3n) is 6.58. The van der Waals surface area contributed by atoms with Crippen LogP contribution in [0.2, 0.25) is 20.1 Å². The highest BCUT2D eigenvalue weighted by Crippen LogP contribution is 2.28. The smallest absolute Gasteiger partial charge is 0.163 e. The SMILES string of the molecule is Clc1cncc(Cl)c1COc1ccc(-c2cc(COCc3cc(-c4ccc(OCc5c(Cl)cncc5Cl)cc4)no3)on2)cc1. The average Bonchev–Trinajstić information content (AvgIpc) is 3.72. The van der Waals surface area contributed by atoms with Crippen molar-refractivity contribution in [2.45, 2.75) is 26.4 Å². The van der Waals surface area contributed by atoms with Crippen LogP contribution in [0.25, 0.3) is 22.5 Å². The van der Waals surface area contributed by atoms with Gasteiger partial charge in [0.25, 0.3) is 0 Å². The van der Waals surface area contributed by atoms with E-state index in [1.807, 2.05) is 60.7 Å². The van der Waals surface area contributed by atoms with Gasteiger partial charge in [-0.2, -0.15) is 0 Å². The maximum Gasteiger partial charge on any atom is 0.163 e. The highest BCUT2D eigenvalue weighted by molar-refractivity contribution is 6.36. The molecule has 6 rings (SSSR count). The van der Waals surface area contributed by atoms with Crippen molar-refractivity contribution in [3.05, 3.63) is 128 Å². The van der Waals surface area contributed by atoms with Crippen LogP contribution < -0.4 is 9.47 Å². The number of ether oxygens (including phenoxy) is 3. The second-order valence-electron chi connectivity index (χ2n) is 9.64.